The van der Waals surface area contributed by atoms with Crippen LogP contribution in [-0.2, 0) is 6.54 Å². The normalized spacial score (nSPS) is 10.2. The molecule has 0 spiro atoms. The van der Waals surface area contributed by atoms with Crippen LogP contribution >= 0.6 is 11.6 Å². The summed E-state index contributed by atoms with van der Waals surface area (Å²) in [6.45, 7) is 0.483. The van der Waals surface area contributed by atoms with E-state index in [1.807, 2.05) is 0 Å². The Morgan fingerprint density at radius 3 is 2.88 bits per heavy atom. The van der Waals surface area contributed by atoms with Crippen molar-refractivity contribution < 1.29 is 14.3 Å². The summed E-state index contributed by atoms with van der Waals surface area (Å²) in [5, 5.41) is 12.3. The lowest BCUT2D eigenvalue weighted by molar-refractivity contribution is 0.0698. The zero-order valence-corrected chi connectivity index (χ0v) is 9.57. The lowest BCUT2D eigenvalue weighted by atomic mass is 10.1. The summed E-state index contributed by atoms with van der Waals surface area (Å²) in [6.07, 6.45) is 3.16. The van der Waals surface area contributed by atoms with Crippen molar-refractivity contribution >= 4 is 23.3 Å². The van der Waals surface area contributed by atoms with Crippen LogP contribution in [-0.4, -0.2) is 11.1 Å². The molecular formula is C12H10ClNO3. The molecule has 0 bridgehead atoms. The minimum Gasteiger partial charge on any atom is -0.478 e. The Morgan fingerprint density at radius 2 is 2.24 bits per heavy atom. The first-order valence-electron chi connectivity index (χ1n) is 4.95. The van der Waals surface area contributed by atoms with Crippen LogP contribution in [0.4, 0.5) is 5.69 Å². The van der Waals surface area contributed by atoms with E-state index in [1.165, 1.54) is 0 Å². The van der Waals surface area contributed by atoms with Crippen molar-refractivity contribution in [3.05, 3.63) is 52.9 Å². The summed E-state index contributed by atoms with van der Waals surface area (Å²) >= 11 is 5.85. The van der Waals surface area contributed by atoms with Crippen LogP contribution in [0.1, 0.15) is 15.9 Å². The number of carbonyl (C=O) groups is 1. The zero-order chi connectivity index (χ0) is 12.3. The van der Waals surface area contributed by atoms with Gasteiger partial charge in [0.1, 0.15) is 5.56 Å². The summed E-state index contributed by atoms with van der Waals surface area (Å²) in [5.74, 6) is -1.05. The number of rotatable bonds is 4. The highest BCUT2D eigenvalue weighted by Gasteiger charge is 2.13. The average Bonchev–Trinajstić information content (AvgIpc) is 2.78. The molecule has 0 saturated carbocycles. The highest BCUT2D eigenvalue weighted by Crippen LogP contribution is 2.24. The van der Waals surface area contributed by atoms with Gasteiger partial charge in [0.05, 0.1) is 23.2 Å². The molecule has 2 N–H and O–H groups in total. The van der Waals surface area contributed by atoms with E-state index in [-0.39, 0.29) is 10.6 Å². The fourth-order valence-corrected chi connectivity index (χ4v) is 1.73. The van der Waals surface area contributed by atoms with Gasteiger partial charge in [-0.15, -0.1) is 0 Å². The molecule has 0 radical (unpaired) electrons. The van der Waals surface area contributed by atoms with E-state index in [0.29, 0.717) is 12.2 Å². The highest BCUT2D eigenvalue weighted by atomic mass is 35.5. The smallest absolute Gasteiger partial charge is 0.339 e. The molecule has 5 heteroatoms. The number of anilines is 1. The minimum atomic E-state index is -1.05. The van der Waals surface area contributed by atoms with Gasteiger partial charge in [0.15, 0.2) is 0 Å². The van der Waals surface area contributed by atoms with Crippen LogP contribution < -0.4 is 5.32 Å². The molecule has 1 aromatic heterocycles. The average molecular weight is 252 g/mol. The Hall–Kier alpha value is -1.94. The van der Waals surface area contributed by atoms with Crippen LogP contribution in [0.2, 0.25) is 5.02 Å². The Morgan fingerprint density at radius 1 is 1.41 bits per heavy atom. The van der Waals surface area contributed by atoms with E-state index < -0.39 is 5.97 Å². The molecule has 2 aromatic rings. The monoisotopic (exact) mass is 251 g/mol. The number of hydrogen-bond acceptors (Lipinski definition) is 3. The van der Waals surface area contributed by atoms with Gasteiger partial charge in [-0.1, -0.05) is 17.7 Å². The van der Waals surface area contributed by atoms with Crippen LogP contribution in [0.5, 0.6) is 0 Å². The first kappa shape index (κ1) is 11.5. The molecule has 0 atom stereocenters. The first-order chi connectivity index (χ1) is 8.18. The first-order valence-corrected chi connectivity index (χ1v) is 5.33. The van der Waals surface area contributed by atoms with Gasteiger partial charge in [-0.3, -0.25) is 0 Å². The lowest BCUT2D eigenvalue weighted by Gasteiger charge is -2.09. The van der Waals surface area contributed by atoms with Crippen LogP contribution in [0.3, 0.4) is 0 Å². The van der Waals surface area contributed by atoms with E-state index in [9.17, 15) is 4.79 Å². The Bertz CT molecular complexity index is 523. The maximum absolute atomic E-state index is 11.1. The van der Waals surface area contributed by atoms with E-state index >= 15 is 0 Å². The molecule has 1 aromatic carbocycles. The second-order valence-electron chi connectivity index (χ2n) is 3.45. The van der Waals surface area contributed by atoms with Gasteiger partial charge in [-0.2, -0.15) is 0 Å². The second-order valence-corrected chi connectivity index (χ2v) is 3.86. The van der Waals surface area contributed by atoms with Crippen LogP contribution in [0.15, 0.2) is 41.2 Å². The van der Waals surface area contributed by atoms with Crippen molar-refractivity contribution in [1.29, 1.82) is 0 Å². The van der Waals surface area contributed by atoms with Gasteiger partial charge >= 0.3 is 5.97 Å². The molecule has 0 aliphatic carbocycles. The molecule has 4 nitrogen and oxygen atoms in total. The number of carboxylic acids is 1. The van der Waals surface area contributed by atoms with Crippen LogP contribution in [0.25, 0.3) is 0 Å². The number of aromatic carboxylic acids is 1. The van der Waals surface area contributed by atoms with Gasteiger partial charge in [0.25, 0.3) is 0 Å². The van der Waals surface area contributed by atoms with Crippen LogP contribution in [0, 0.1) is 0 Å². The SMILES string of the molecule is O=C(O)c1c(Cl)cccc1NCc1ccoc1. The predicted molar refractivity (Wildman–Crippen MR) is 64.4 cm³/mol. The van der Waals surface area contributed by atoms with Crippen molar-refractivity contribution in [2.24, 2.45) is 0 Å². The molecule has 17 heavy (non-hydrogen) atoms. The molecular weight excluding hydrogens is 242 g/mol. The minimum absolute atomic E-state index is 0.0812. The summed E-state index contributed by atoms with van der Waals surface area (Å²) in [4.78, 5) is 11.1. The Kier molecular flexibility index (Phi) is 3.35. The standard InChI is InChI=1S/C12H10ClNO3/c13-9-2-1-3-10(11(9)12(15)16)14-6-8-4-5-17-7-8/h1-5,7,14H,6H2,(H,15,16). The third-order valence-electron chi connectivity index (χ3n) is 2.29. The topological polar surface area (TPSA) is 62.5 Å². The van der Waals surface area contributed by atoms with Crippen molar-refractivity contribution in [3.8, 4) is 0 Å². The molecule has 2 rings (SSSR count). The maximum atomic E-state index is 11.1. The quantitative estimate of drug-likeness (QED) is 0.876. The number of furan rings is 1. The van der Waals surface area contributed by atoms with Crippen molar-refractivity contribution in [1.82, 2.24) is 0 Å². The Labute approximate surface area is 103 Å². The number of benzene rings is 1. The van der Waals surface area contributed by atoms with E-state index in [4.69, 9.17) is 21.1 Å². The fraction of sp³-hybridized carbons (Fsp3) is 0.0833. The molecule has 1 heterocycles. The summed E-state index contributed by atoms with van der Waals surface area (Å²) in [6, 6.07) is 6.73. The lowest BCUT2D eigenvalue weighted by Crippen LogP contribution is -2.06. The third-order valence-corrected chi connectivity index (χ3v) is 2.61. The highest BCUT2D eigenvalue weighted by molar-refractivity contribution is 6.34. The number of carboxylic acid groups (broad SMARTS) is 1. The largest absolute Gasteiger partial charge is 0.478 e. The van der Waals surface area contributed by atoms with E-state index in [1.54, 1.807) is 36.8 Å². The fourth-order valence-electron chi connectivity index (χ4n) is 1.48. The van der Waals surface area contributed by atoms with Gasteiger partial charge in [-0.25, -0.2) is 4.79 Å². The second kappa shape index (κ2) is 4.93. The summed E-state index contributed by atoms with van der Waals surface area (Å²) < 4.78 is 4.92. The molecule has 0 fully saturated rings. The molecule has 0 aliphatic heterocycles. The third kappa shape index (κ3) is 2.60. The van der Waals surface area contributed by atoms with Crippen molar-refractivity contribution in [2.75, 3.05) is 5.32 Å². The molecule has 88 valence electrons. The zero-order valence-electron chi connectivity index (χ0n) is 8.81. The maximum Gasteiger partial charge on any atom is 0.339 e. The molecule has 0 amide bonds. The number of nitrogens with one attached hydrogen (secondary N) is 1. The molecule has 0 saturated heterocycles. The van der Waals surface area contributed by atoms with Gasteiger partial charge in [-0.05, 0) is 18.2 Å². The Balaban J connectivity index is 2.21. The molecule has 0 unspecified atom stereocenters. The van der Waals surface area contributed by atoms with Crippen molar-refractivity contribution in [3.63, 3.8) is 0 Å². The number of hydrogen-bond donors (Lipinski definition) is 2. The van der Waals surface area contributed by atoms with Crippen molar-refractivity contribution in [2.45, 2.75) is 6.54 Å². The summed E-state index contributed by atoms with van der Waals surface area (Å²) in [7, 11) is 0. The summed E-state index contributed by atoms with van der Waals surface area (Å²) in [5.41, 5.74) is 1.50. The number of halogens is 1. The predicted octanol–water partition coefficient (Wildman–Crippen LogP) is 3.24. The van der Waals surface area contributed by atoms with Gasteiger partial charge < -0.3 is 14.8 Å². The van der Waals surface area contributed by atoms with E-state index in [2.05, 4.69) is 5.32 Å². The van der Waals surface area contributed by atoms with Gasteiger partial charge in [0, 0.05) is 12.1 Å². The van der Waals surface area contributed by atoms with Gasteiger partial charge in [0.2, 0.25) is 0 Å². The van der Waals surface area contributed by atoms with E-state index in [0.717, 1.165) is 5.56 Å². The molecule has 0 aliphatic rings.